The molecule has 1 aliphatic rings. The molecule has 0 radical (unpaired) electrons. The Morgan fingerprint density at radius 3 is 2.38 bits per heavy atom. The Labute approximate surface area is 137 Å². The molecule has 1 heterocycles. The van der Waals surface area contributed by atoms with Crippen molar-refractivity contribution in [2.45, 2.75) is 6.04 Å². The van der Waals surface area contributed by atoms with E-state index in [2.05, 4.69) is 10.9 Å². The van der Waals surface area contributed by atoms with Gasteiger partial charge in [0.05, 0.1) is 16.8 Å². The van der Waals surface area contributed by atoms with Gasteiger partial charge >= 0.3 is 0 Å². The Balaban J connectivity index is 1.95. The molecule has 3 N–H and O–H groups in total. The fourth-order valence-corrected chi connectivity index (χ4v) is 2.80. The molecule has 0 aliphatic carbocycles. The Kier molecular flexibility index (Phi) is 4.00. The summed E-state index contributed by atoms with van der Waals surface area (Å²) in [4.78, 5) is 0. The van der Waals surface area contributed by atoms with Crippen molar-refractivity contribution in [3.63, 3.8) is 0 Å². The van der Waals surface area contributed by atoms with Crippen molar-refractivity contribution in [3.05, 3.63) is 68.7 Å². The van der Waals surface area contributed by atoms with Crippen LogP contribution in [-0.4, -0.2) is 5.11 Å². The molecular formula is C15H11Cl3N2O. The van der Waals surface area contributed by atoms with Crippen LogP contribution < -0.4 is 10.9 Å². The van der Waals surface area contributed by atoms with Crippen LogP contribution in [0.15, 0.2) is 42.5 Å². The zero-order valence-electron chi connectivity index (χ0n) is 10.7. The largest absolute Gasteiger partial charge is 0.506 e. The summed E-state index contributed by atoms with van der Waals surface area (Å²) in [5.74, 6) is -0.00151. The Bertz CT molecular complexity index is 714. The van der Waals surface area contributed by atoms with Crippen LogP contribution in [0.25, 0.3) is 5.70 Å². The minimum absolute atomic E-state index is 0.00151. The summed E-state index contributed by atoms with van der Waals surface area (Å²) >= 11 is 17.8. The summed E-state index contributed by atoms with van der Waals surface area (Å²) in [5.41, 5.74) is 8.48. The second-order valence-electron chi connectivity index (χ2n) is 4.66. The summed E-state index contributed by atoms with van der Waals surface area (Å²) in [5, 5.41) is 11.4. The maximum atomic E-state index is 10.1. The first-order chi connectivity index (χ1) is 10.0. The molecule has 0 amide bonds. The molecule has 0 aromatic heterocycles. The molecular weight excluding hydrogens is 331 g/mol. The van der Waals surface area contributed by atoms with Crippen molar-refractivity contribution in [1.82, 2.24) is 10.9 Å². The predicted octanol–water partition coefficient (Wildman–Crippen LogP) is 4.54. The number of nitrogens with one attached hydrogen (secondary N) is 2. The third-order valence-corrected chi connectivity index (χ3v) is 4.00. The molecule has 2 aromatic carbocycles. The van der Waals surface area contributed by atoms with Gasteiger partial charge in [0.1, 0.15) is 5.75 Å². The van der Waals surface area contributed by atoms with Crippen molar-refractivity contribution in [3.8, 4) is 5.75 Å². The number of halogens is 3. The van der Waals surface area contributed by atoms with E-state index in [1.165, 1.54) is 6.07 Å². The lowest BCUT2D eigenvalue weighted by atomic mass is 10.1. The SMILES string of the molecule is Oc1c(Cl)cc(Cl)cc1C1=C[C@H](c2ccc(Cl)cc2)NN1. The number of hydrogen-bond donors (Lipinski definition) is 3. The van der Waals surface area contributed by atoms with Gasteiger partial charge in [-0.15, -0.1) is 0 Å². The van der Waals surface area contributed by atoms with E-state index in [1.807, 2.05) is 30.3 Å². The van der Waals surface area contributed by atoms with E-state index < -0.39 is 0 Å². The Hall–Kier alpha value is -1.39. The first-order valence-corrected chi connectivity index (χ1v) is 7.35. The van der Waals surface area contributed by atoms with Crippen LogP contribution in [0.2, 0.25) is 15.1 Å². The summed E-state index contributed by atoms with van der Waals surface area (Å²) < 4.78 is 0. The normalized spacial score (nSPS) is 17.5. The van der Waals surface area contributed by atoms with Gasteiger partial charge in [0.2, 0.25) is 0 Å². The number of benzene rings is 2. The highest BCUT2D eigenvalue weighted by Gasteiger charge is 2.20. The average Bonchev–Trinajstić information content (AvgIpc) is 2.93. The van der Waals surface area contributed by atoms with Crippen LogP contribution in [0.1, 0.15) is 17.2 Å². The first kappa shape index (κ1) is 14.5. The van der Waals surface area contributed by atoms with Crippen molar-refractivity contribution in [2.24, 2.45) is 0 Å². The first-order valence-electron chi connectivity index (χ1n) is 6.22. The van der Waals surface area contributed by atoms with Crippen molar-refractivity contribution in [1.29, 1.82) is 0 Å². The molecule has 1 aliphatic heterocycles. The van der Waals surface area contributed by atoms with Crippen molar-refractivity contribution in [2.75, 3.05) is 0 Å². The van der Waals surface area contributed by atoms with E-state index in [0.29, 0.717) is 15.6 Å². The standard InChI is InChI=1S/C15H11Cl3N2O/c16-9-3-1-8(2-4-9)13-7-14(20-19-13)11-5-10(17)6-12(18)15(11)21/h1-7,13,19-21H/t13-/m1/s1. The van der Waals surface area contributed by atoms with E-state index in [1.54, 1.807) is 6.07 Å². The molecule has 21 heavy (non-hydrogen) atoms. The van der Waals surface area contributed by atoms with E-state index in [0.717, 1.165) is 11.3 Å². The predicted molar refractivity (Wildman–Crippen MR) is 86.6 cm³/mol. The van der Waals surface area contributed by atoms with Crippen LogP contribution in [-0.2, 0) is 0 Å². The zero-order chi connectivity index (χ0) is 15.0. The second-order valence-corrected chi connectivity index (χ2v) is 5.94. The summed E-state index contributed by atoms with van der Waals surface area (Å²) in [6.07, 6.45) is 1.95. The fraction of sp³-hybridized carbons (Fsp3) is 0.0667. The van der Waals surface area contributed by atoms with Crippen LogP contribution in [0.4, 0.5) is 0 Å². The molecule has 3 rings (SSSR count). The lowest BCUT2D eigenvalue weighted by Gasteiger charge is -2.10. The topological polar surface area (TPSA) is 44.3 Å². The summed E-state index contributed by atoms with van der Waals surface area (Å²) in [7, 11) is 0. The number of rotatable bonds is 2. The highest BCUT2D eigenvalue weighted by Crippen LogP contribution is 2.36. The number of phenols is 1. The minimum Gasteiger partial charge on any atom is -0.506 e. The van der Waals surface area contributed by atoms with Crippen molar-refractivity contribution >= 4 is 40.5 Å². The molecule has 3 nitrogen and oxygen atoms in total. The van der Waals surface area contributed by atoms with E-state index >= 15 is 0 Å². The van der Waals surface area contributed by atoms with Gasteiger partial charge in [0.25, 0.3) is 0 Å². The molecule has 2 aromatic rings. The molecule has 0 spiro atoms. The lowest BCUT2D eigenvalue weighted by molar-refractivity contribution is 0.473. The fourth-order valence-electron chi connectivity index (χ4n) is 2.18. The van der Waals surface area contributed by atoms with Gasteiger partial charge in [-0.1, -0.05) is 46.9 Å². The molecule has 0 saturated heterocycles. The molecule has 0 fully saturated rings. The molecule has 0 unspecified atom stereocenters. The lowest BCUT2D eigenvalue weighted by Crippen LogP contribution is -2.26. The van der Waals surface area contributed by atoms with Gasteiger partial charge in [-0.25, -0.2) is 5.43 Å². The van der Waals surface area contributed by atoms with E-state index in [-0.39, 0.29) is 16.8 Å². The van der Waals surface area contributed by atoms with Gasteiger partial charge in [-0.2, -0.15) is 0 Å². The van der Waals surface area contributed by atoms with Crippen LogP contribution >= 0.6 is 34.8 Å². The highest BCUT2D eigenvalue weighted by molar-refractivity contribution is 6.36. The number of aromatic hydroxyl groups is 1. The molecule has 0 bridgehead atoms. The average molecular weight is 342 g/mol. The van der Waals surface area contributed by atoms with Crippen LogP contribution in [0.3, 0.4) is 0 Å². The van der Waals surface area contributed by atoms with E-state index in [4.69, 9.17) is 34.8 Å². The maximum Gasteiger partial charge on any atom is 0.143 e. The monoisotopic (exact) mass is 340 g/mol. The smallest absolute Gasteiger partial charge is 0.143 e. The van der Waals surface area contributed by atoms with Gasteiger partial charge < -0.3 is 10.5 Å². The maximum absolute atomic E-state index is 10.1. The molecule has 0 saturated carbocycles. The number of hydrazine groups is 1. The van der Waals surface area contributed by atoms with Crippen LogP contribution in [0.5, 0.6) is 5.75 Å². The van der Waals surface area contributed by atoms with Gasteiger partial charge in [0, 0.05) is 15.6 Å². The Morgan fingerprint density at radius 2 is 1.67 bits per heavy atom. The highest BCUT2D eigenvalue weighted by atomic mass is 35.5. The number of phenolic OH excluding ortho intramolecular Hbond substituents is 1. The van der Waals surface area contributed by atoms with Gasteiger partial charge in [0.15, 0.2) is 0 Å². The second kappa shape index (κ2) is 5.78. The Morgan fingerprint density at radius 1 is 0.952 bits per heavy atom. The third-order valence-electron chi connectivity index (χ3n) is 3.24. The number of hydrogen-bond acceptors (Lipinski definition) is 3. The quantitative estimate of drug-likeness (QED) is 0.751. The minimum atomic E-state index is -0.0329. The molecule has 6 heteroatoms. The summed E-state index contributed by atoms with van der Waals surface area (Å²) in [6.45, 7) is 0. The van der Waals surface area contributed by atoms with Crippen molar-refractivity contribution < 1.29 is 5.11 Å². The molecule has 1 atom stereocenters. The van der Waals surface area contributed by atoms with Gasteiger partial charge in [-0.05, 0) is 35.9 Å². The summed E-state index contributed by atoms with van der Waals surface area (Å²) in [6, 6.07) is 10.7. The van der Waals surface area contributed by atoms with E-state index in [9.17, 15) is 5.11 Å². The van der Waals surface area contributed by atoms with Crippen LogP contribution in [0, 0.1) is 0 Å². The third kappa shape index (κ3) is 2.97. The zero-order valence-corrected chi connectivity index (χ0v) is 13.0. The molecule has 108 valence electrons. The van der Waals surface area contributed by atoms with Gasteiger partial charge in [-0.3, -0.25) is 0 Å².